The Hall–Kier alpha value is -2.91. The van der Waals surface area contributed by atoms with Gasteiger partial charge >= 0.3 is 18.1 Å². The Kier molecular flexibility index (Phi) is 3.37. The Bertz CT molecular complexity index is 706. The summed E-state index contributed by atoms with van der Waals surface area (Å²) in [6, 6.07) is 4.28. The van der Waals surface area contributed by atoms with Crippen LogP contribution in [0.4, 0.5) is 13.2 Å². The Morgan fingerprint density at radius 3 is 2.05 bits per heavy atom. The highest BCUT2D eigenvalue weighted by Crippen LogP contribution is 2.32. The normalized spacial score (nSPS) is 11.4. The number of hydrogen-bond donors (Lipinski definition) is 2. The molecule has 1 heterocycles. The van der Waals surface area contributed by atoms with Crippen LogP contribution in [0.2, 0.25) is 0 Å². The van der Waals surface area contributed by atoms with Gasteiger partial charge in [-0.3, -0.25) is 0 Å². The summed E-state index contributed by atoms with van der Waals surface area (Å²) in [4.78, 5) is 21.4. The van der Waals surface area contributed by atoms with Gasteiger partial charge in [0, 0.05) is 0 Å². The van der Waals surface area contributed by atoms with Gasteiger partial charge in [-0.25, -0.2) is 14.3 Å². The molecule has 1 aromatic carbocycles. The summed E-state index contributed by atoms with van der Waals surface area (Å²) < 4.78 is 39.1. The van der Waals surface area contributed by atoms with Gasteiger partial charge in [0.05, 0.1) is 11.3 Å². The van der Waals surface area contributed by atoms with Crippen LogP contribution in [0.3, 0.4) is 0 Å². The standard InChI is InChI=1S/C11H6F3N3O4/c12-11(13,14)8-7(10(20)21)15-16-17(8)6-3-1-5(2-4-6)9(18)19/h1-4H,(H,18,19)(H,20,21). The molecule has 0 aliphatic heterocycles. The first-order valence-corrected chi connectivity index (χ1v) is 5.31. The van der Waals surface area contributed by atoms with E-state index in [2.05, 4.69) is 10.3 Å². The van der Waals surface area contributed by atoms with Crippen molar-refractivity contribution in [3.05, 3.63) is 41.2 Å². The number of benzene rings is 1. The summed E-state index contributed by atoms with van der Waals surface area (Å²) >= 11 is 0. The Morgan fingerprint density at radius 2 is 1.62 bits per heavy atom. The van der Waals surface area contributed by atoms with Gasteiger partial charge in [-0.15, -0.1) is 5.10 Å². The maximum atomic E-state index is 12.9. The highest BCUT2D eigenvalue weighted by molar-refractivity contribution is 5.88. The van der Waals surface area contributed by atoms with Crippen LogP contribution < -0.4 is 0 Å². The number of aromatic carboxylic acids is 2. The van der Waals surface area contributed by atoms with Gasteiger partial charge in [-0.2, -0.15) is 13.2 Å². The average Bonchev–Trinajstić information content (AvgIpc) is 2.83. The lowest BCUT2D eigenvalue weighted by Gasteiger charge is -2.10. The molecule has 0 radical (unpaired) electrons. The number of nitrogens with zero attached hydrogens (tertiary/aromatic N) is 3. The summed E-state index contributed by atoms with van der Waals surface area (Å²) in [5.41, 5.74) is -3.07. The second-order valence-corrected chi connectivity index (χ2v) is 3.85. The molecule has 0 fully saturated rings. The van der Waals surface area contributed by atoms with Crippen molar-refractivity contribution >= 4 is 11.9 Å². The zero-order valence-electron chi connectivity index (χ0n) is 10.00. The fraction of sp³-hybridized carbons (Fsp3) is 0.0909. The van der Waals surface area contributed by atoms with Gasteiger partial charge in [-0.05, 0) is 24.3 Å². The topological polar surface area (TPSA) is 105 Å². The second-order valence-electron chi connectivity index (χ2n) is 3.85. The first kappa shape index (κ1) is 14.5. The first-order chi connectivity index (χ1) is 9.71. The third kappa shape index (κ3) is 2.68. The maximum Gasteiger partial charge on any atom is 0.436 e. The van der Waals surface area contributed by atoms with Crippen LogP contribution in [0.25, 0.3) is 5.69 Å². The number of alkyl halides is 3. The maximum absolute atomic E-state index is 12.9. The van der Waals surface area contributed by atoms with Crippen LogP contribution in [0, 0.1) is 0 Å². The van der Waals surface area contributed by atoms with E-state index in [4.69, 9.17) is 10.2 Å². The molecule has 2 aromatic rings. The highest BCUT2D eigenvalue weighted by atomic mass is 19.4. The molecule has 21 heavy (non-hydrogen) atoms. The van der Waals surface area contributed by atoms with Crippen molar-refractivity contribution in [1.82, 2.24) is 15.0 Å². The fourth-order valence-electron chi connectivity index (χ4n) is 1.61. The third-order valence-electron chi connectivity index (χ3n) is 2.50. The number of carbonyl (C=O) groups is 2. The van der Waals surface area contributed by atoms with Gasteiger partial charge < -0.3 is 10.2 Å². The highest BCUT2D eigenvalue weighted by Gasteiger charge is 2.42. The molecule has 0 aliphatic carbocycles. The van der Waals surface area contributed by atoms with Crippen LogP contribution in [0.15, 0.2) is 24.3 Å². The molecule has 10 heteroatoms. The van der Waals surface area contributed by atoms with E-state index in [1.54, 1.807) is 0 Å². The zero-order valence-corrected chi connectivity index (χ0v) is 10.00. The van der Waals surface area contributed by atoms with Crippen LogP contribution in [0.5, 0.6) is 0 Å². The molecule has 2 N–H and O–H groups in total. The first-order valence-electron chi connectivity index (χ1n) is 5.31. The largest absolute Gasteiger partial charge is 0.478 e. The van der Waals surface area contributed by atoms with Crippen LogP contribution in [0.1, 0.15) is 26.5 Å². The van der Waals surface area contributed by atoms with E-state index in [0.29, 0.717) is 4.68 Å². The molecule has 0 bridgehead atoms. The van der Waals surface area contributed by atoms with E-state index in [1.807, 2.05) is 0 Å². The molecule has 0 saturated heterocycles. The van der Waals surface area contributed by atoms with Crippen molar-refractivity contribution < 1.29 is 33.0 Å². The molecule has 0 aliphatic rings. The Balaban J connectivity index is 2.59. The number of halogens is 3. The second kappa shape index (κ2) is 4.89. The minimum Gasteiger partial charge on any atom is -0.478 e. The summed E-state index contributed by atoms with van der Waals surface area (Å²) in [6.45, 7) is 0. The molecule has 0 saturated carbocycles. The quantitative estimate of drug-likeness (QED) is 0.893. The van der Waals surface area contributed by atoms with E-state index >= 15 is 0 Å². The molecule has 0 amide bonds. The van der Waals surface area contributed by atoms with Gasteiger partial charge in [0.1, 0.15) is 0 Å². The van der Waals surface area contributed by atoms with Crippen molar-refractivity contribution in [2.75, 3.05) is 0 Å². The van der Waals surface area contributed by atoms with E-state index in [-0.39, 0.29) is 11.3 Å². The third-order valence-corrected chi connectivity index (χ3v) is 2.50. The summed E-state index contributed by atoms with van der Waals surface area (Å²) in [6.07, 6.45) is -4.98. The lowest BCUT2D eigenvalue weighted by Crippen LogP contribution is -2.17. The molecule has 1 aromatic heterocycles. The van der Waals surface area contributed by atoms with E-state index in [0.717, 1.165) is 24.3 Å². The van der Waals surface area contributed by atoms with E-state index in [9.17, 15) is 22.8 Å². The number of hydrogen-bond acceptors (Lipinski definition) is 4. The molecule has 0 atom stereocenters. The van der Waals surface area contributed by atoms with Crippen molar-refractivity contribution in [3.8, 4) is 5.69 Å². The summed E-state index contributed by atoms with van der Waals surface area (Å²) in [5, 5.41) is 23.6. The van der Waals surface area contributed by atoms with Crippen molar-refractivity contribution in [1.29, 1.82) is 0 Å². The van der Waals surface area contributed by atoms with Crippen LogP contribution in [-0.4, -0.2) is 37.1 Å². The van der Waals surface area contributed by atoms with Crippen molar-refractivity contribution in [3.63, 3.8) is 0 Å². The molecular weight excluding hydrogens is 295 g/mol. The number of aromatic nitrogens is 3. The minimum atomic E-state index is -4.98. The van der Waals surface area contributed by atoms with Gasteiger partial charge in [0.15, 0.2) is 5.69 Å². The van der Waals surface area contributed by atoms with E-state index in [1.165, 1.54) is 0 Å². The number of rotatable bonds is 3. The monoisotopic (exact) mass is 301 g/mol. The van der Waals surface area contributed by atoms with Gasteiger partial charge in [0.2, 0.25) is 5.69 Å². The molecule has 2 rings (SSSR count). The molecule has 110 valence electrons. The summed E-state index contributed by atoms with van der Waals surface area (Å²) in [7, 11) is 0. The van der Waals surface area contributed by atoms with Crippen LogP contribution >= 0.6 is 0 Å². The summed E-state index contributed by atoms with van der Waals surface area (Å²) in [5.74, 6) is -3.11. The number of carboxylic acids is 2. The van der Waals surface area contributed by atoms with Gasteiger partial charge in [-0.1, -0.05) is 5.21 Å². The fourth-order valence-corrected chi connectivity index (χ4v) is 1.61. The van der Waals surface area contributed by atoms with Crippen molar-refractivity contribution in [2.24, 2.45) is 0 Å². The molecule has 0 unspecified atom stereocenters. The lowest BCUT2D eigenvalue weighted by molar-refractivity contribution is -0.143. The molecule has 0 spiro atoms. The van der Waals surface area contributed by atoms with E-state index < -0.39 is 29.5 Å². The Morgan fingerprint density at radius 1 is 1.05 bits per heavy atom. The smallest absolute Gasteiger partial charge is 0.436 e. The average molecular weight is 301 g/mol. The molecular formula is C11H6F3N3O4. The van der Waals surface area contributed by atoms with Gasteiger partial charge in [0.25, 0.3) is 0 Å². The SMILES string of the molecule is O=C(O)c1ccc(-n2nnc(C(=O)O)c2C(F)(F)F)cc1. The predicted octanol–water partition coefficient (Wildman–Crippen LogP) is 1.68. The van der Waals surface area contributed by atoms with Crippen molar-refractivity contribution in [2.45, 2.75) is 6.18 Å². The minimum absolute atomic E-state index is 0.133. The van der Waals surface area contributed by atoms with Crippen LogP contribution in [-0.2, 0) is 6.18 Å². The molecule has 7 nitrogen and oxygen atoms in total. The lowest BCUT2D eigenvalue weighted by atomic mass is 10.2. The zero-order chi connectivity index (χ0) is 15.8. The predicted molar refractivity (Wildman–Crippen MR) is 60.3 cm³/mol. The number of carboxylic acid groups (broad SMARTS) is 2. The Labute approximate surface area is 114 Å².